The molecule has 0 unspecified atom stereocenters. The molecule has 0 saturated carbocycles. The van der Waals surface area contributed by atoms with E-state index in [1.54, 1.807) is 17.5 Å². The zero-order chi connectivity index (χ0) is 17.1. The quantitative estimate of drug-likeness (QED) is 0.708. The highest BCUT2D eigenvalue weighted by atomic mass is 32.1. The van der Waals surface area contributed by atoms with E-state index in [2.05, 4.69) is 58.5 Å². The summed E-state index contributed by atoms with van der Waals surface area (Å²) < 4.78 is 0. The van der Waals surface area contributed by atoms with Crippen LogP contribution in [0.2, 0.25) is 0 Å². The number of aryl methyl sites for hydroxylation is 1. The lowest BCUT2D eigenvalue weighted by Crippen LogP contribution is -2.23. The summed E-state index contributed by atoms with van der Waals surface area (Å²) >= 11 is 1.59. The molecule has 1 aromatic carbocycles. The SMILES string of the molecule is Cc1cccc(CN2CCC[C@@H]2c2cccc(Nc3nccs3)n2)c1. The Balaban J connectivity index is 1.51. The van der Waals surface area contributed by atoms with Gasteiger partial charge in [0.05, 0.1) is 11.7 Å². The van der Waals surface area contributed by atoms with Crippen molar-refractivity contribution in [2.24, 2.45) is 0 Å². The minimum Gasteiger partial charge on any atom is -0.316 e. The third kappa shape index (κ3) is 3.89. The van der Waals surface area contributed by atoms with E-state index in [0.29, 0.717) is 6.04 Å². The van der Waals surface area contributed by atoms with Crippen LogP contribution >= 0.6 is 11.3 Å². The fourth-order valence-electron chi connectivity index (χ4n) is 3.50. The molecule has 1 fully saturated rings. The molecule has 128 valence electrons. The first kappa shape index (κ1) is 16.2. The molecule has 0 bridgehead atoms. The van der Waals surface area contributed by atoms with E-state index < -0.39 is 0 Å². The minimum atomic E-state index is 0.388. The third-order valence-corrected chi connectivity index (χ3v) is 5.30. The van der Waals surface area contributed by atoms with Gasteiger partial charge in [-0.1, -0.05) is 35.9 Å². The van der Waals surface area contributed by atoms with Crippen molar-refractivity contribution in [2.75, 3.05) is 11.9 Å². The first-order valence-corrected chi connectivity index (χ1v) is 9.59. The summed E-state index contributed by atoms with van der Waals surface area (Å²) in [6.07, 6.45) is 4.19. The van der Waals surface area contributed by atoms with Gasteiger partial charge in [0, 0.05) is 18.1 Å². The fraction of sp³-hybridized carbons (Fsp3) is 0.300. The fourth-order valence-corrected chi connectivity index (χ4v) is 4.03. The van der Waals surface area contributed by atoms with Crippen molar-refractivity contribution in [3.63, 3.8) is 0 Å². The standard InChI is InChI=1S/C20H22N4S/c1-15-5-2-6-16(13-15)14-24-11-4-8-18(24)17-7-3-9-19(22-17)23-20-21-10-12-25-20/h2-3,5-7,9-10,12-13,18H,4,8,11,14H2,1H3,(H,21,22,23)/t18-/m1/s1. The molecular formula is C20H22N4S. The van der Waals surface area contributed by atoms with Crippen molar-refractivity contribution in [1.82, 2.24) is 14.9 Å². The summed E-state index contributed by atoms with van der Waals surface area (Å²) in [6, 6.07) is 15.4. The topological polar surface area (TPSA) is 41.0 Å². The summed E-state index contributed by atoms with van der Waals surface area (Å²) in [5, 5.41) is 6.14. The van der Waals surface area contributed by atoms with Crippen molar-refractivity contribution >= 4 is 22.3 Å². The monoisotopic (exact) mass is 350 g/mol. The molecule has 2 aromatic heterocycles. The number of rotatable bonds is 5. The highest BCUT2D eigenvalue weighted by molar-refractivity contribution is 7.13. The molecule has 0 aliphatic carbocycles. The molecule has 4 rings (SSSR count). The molecule has 1 saturated heterocycles. The Kier molecular flexibility index (Phi) is 4.76. The highest BCUT2D eigenvalue weighted by Crippen LogP contribution is 2.33. The Labute approximate surface area is 152 Å². The molecule has 0 radical (unpaired) electrons. The molecule has 3 aromatic rings. The van der Waals surface area contributed by atoms with Gasteiger partial charge in [-0.3, -0.25) is 4.90 Å². The highest BCUT2D eigenvalue weighted by Gasteiger charge is 2.27. The molecule has 25 heavy (non-hydrogen) atoms. The van der Waals surface area contributed by atoms with Crippen LogP contribution in [0.15, 0.2) is 54.0 Å². The van der Waals surface area contributed by atoms with E-state index in [4.69, 9.17) is 4.98 Å². The maximum atomic E-state index is 4.85. The largest absolute Gasteiger partial charge is 0.316 e. The van der Waals surface area contributed by atoms with Crippen molar-refractivity contribution in [1.29, 1.82) is 0 Å². The van der Waals surface area contributed by atoms with Crippen molar-refractivity contribution < 1.29 is 0 Å². The van der Waals surface area contributed by atoms with Gasteiger partial charge in [-0.2, -0.15) is 0 Å². The average Bonchev–Trinajstić information content (AvgIpc) is 3.27. The number of anilines is 2. The maximum Gasteiger partial charge on any atom is 0.188 e. The van der Waals surface area contributed by atoms with Gasteiger partial charge in [0.2, 0.25) is 0 Å². The molecule has 1 N–H and O–H groups in total. The van der Waals surface area contributed by atoms with Gasteiger partial charge in [-0.25, -0.2) is 9.97 Å². The number of pyridine rings is 1. The lowest BCUT2D eigenvalue weighted by Gasteiger charge is -2.24. The molecule has 4 nitrogen and oxygen atoms in total. The number of nitrogens with zero attached hydrogens (tertiary/aromatic N) is 3. The van der Waals surface area contributed by atoms with Gasteiger partial charge < -0.3 is 5.32 Å². The van der Waals surface area contributed by atoms with Crippen LogP contribution in [0.4, 0.5) is 10.9 Å². The number of hydrogen-bond acceptors (Lipinski definition) is 5. The predicted molar refractivity (Wildman–Crippen MR) is 103 cm³/mol. The molecule has 1 aliphatic rings. The average molecular weight is 350 g/mol. The van der Waals surface area contributed by atoms with E-state index in [9.17, 15) is 0 Å². The van der Waals surface area contributed by atoms with Gasteiger partial charge in [-0.05, 0) is 44.0 Å². The van der Waals surface area contributed by atoms with Gasteiger partial charge in [0.15, 0.2) is 5.13 Å². The Morgan fingerprint density at radius 3 is 3.00 bits per heavy atom. The van der Waals surface area contributed by atoms with Crippen LogP contribution in [-0.2, 0) is 6.54 Å². The van der Waals surface area contributed by atoms with E-state index >= 15 is 0 Å². The van der Waals surface area contributed by atoms with Gasteiger partial charge >= 0.3 is 0 Å². The Morgan fingerprint density at radius 2 is 2.16 bits per heavy atom. The minimum absolute atomic E-state index is 0.388. The zero-order valence-corrected chi connectivity index (χ0v) is 15.2. The molecule has 5 heteroatoms. The zero-order valence-electron chi connectivity index (χ0n) is 14.4. The molecule has 0 spiro atoms. The summed E-state index contributed by atoms with van der Waals surface area (Å²) in [5.74, 6) is 0.870. The molecular weight excluding hydrogens is 328 g/mol. The lowest BCUT2D eigenvalue weighted by molar-refractivity contribution is 0.244. The lowest BCUT2D eigenvalue weighted by atomic mass is 10.1. The Hall–Kier alpha value is -2.24. The predicted octanol–water partition coefficient (Wildman–Crippen LogP) is 4.93. The number of benzene rings is 1. The van der Waals surface area contributed by atoms with Crippen LogP contribution in [0.25, 0.3) is 0 Å². The first-order chi connectivity index (χ1) is 12.3. The van der Waals surface area contributed by atoms with E-state index in [-0.39, 0.29) is 0 Å². The maximum absolute atomic E-state index is 4.85. The van der Waals surface area contributed by atoms with Gasteiger partial charge in [-0.15, -0.1) is 11.3 Å². The Morgan fingerprint density at radius 1 is 1.24 bits per heavy atom. The van der Waals surface area contributed by atoms with Crippen LogP contribution in [0, 0.1) is 6.92 Å². The second-order valence-electron chi connectivity index (χ2n) is 6.53. The molecule has 0 amide bonds. The number of thiazole rings is 1. The first-order valence-electron chi connectivity index (χ1n) is 8.71. The second kappa shape index (κ2) is 7.33. The summed E-state index contributed by atoms with van der Waals surface area (Å²) in [7, 11) is 0. The van der Waals surface area contributed by atoms with Gasteiger partial charge in [0.1, 0.15) is 5.82 Å². The van der Waals surface area contributed by atoms with Crippen molar-refractivity contribution in [3.05, 3.63) is 70.9 Å². The van der Waals surface area contributed by atoms with Crippen molar-refractivity contribution in [2.45, 2.75) is 32.4 Å². The summed E-state index contributed by atoms with van der Waals surface area (Å²) in [5.41, 5.74) is 3.84. The number of hydrogen-bond donors (Lipinski definition) is 1. The third-order valence-electron chi connectivity index (χ3n) is 4.61. The normalized spacial score (nSPS) is 17.7. The number of aromatic nitrogens is 2. The van der Waals surface area contributed by atoms with E-state index in [1.165, 1.54) is 24.0 Å². The summed E-state index contributed by atoms with van der Waals surface area (Å²) in [6.45, 7) is 4.27. The number of likely N-dealkylation sites (tertiary alicyclic amines) is 1. The van der Waals surface area contributed by atoms with Crippen LogP contribution in [0.3, 0.4) is 0 Å². The smallest absolute Gasteiger partial charge is 0.188 e. The van der Waals surface area contributed by atoms with Crippen LogP contribution < -0.4 is 5.32 Å². The summed E-state index contributed by atoms with van der Waals surface area (Å²) in [4.78, 5) is 11.7. The van der Waals surface area contributed by atoms with Crippen LogP contribution in [-0.4, -0.2) is 21.4 Å². The van der Waals surface area contributed by atoms with Crippen molar-refractivity contribution in [3.8, 4) is 0 Å². The van der Waals surface area contributed by atoms with Gasteiger partial charge in [0.25, 0.3) is 0 Å². The Bertz CT molecular complexity index is 831. The van der Waals surface area contributed by atoms with Crippen LogP contribution in [0.5, 0.6) is 0 Å². The van der Waals surface area contributed by atoms with E-state index in [0.717, 1.165) is 29.7 Å². The molecule has 3 heterocycles. The molecule has 1 aliphatic heterocycles. The second-order valence-corrected chi connectivity index (χ2v) is 7.42. The number of nitrogens with one attached hydrogen (secondary N) is 1. The van der Waals surface area contributed by atoms with Crippen LogP contribution in [0.1, 0.15) is 35.7 Å². The van der Waals surface area contributed by atoms with E-state index in [1.807, 2.05) is 11.4 Å². The molecule has 1 atom stereocenters.